The van der Waals surface area contributed by atoms with Crippen molar-refractivity contribution in [3.63, 3.8) is 0 Å². The molecule has 1 aliphatic rings. The number of nitrogens with one attached hydrogen (secondary N) is 2. The Morgan fingerprint density at radius 1 is 0.564 bits per heavy atom. The summed E-state index contributed by atoms with van der Waals surface area (Å²) in [5.41, 5.74) is 2.88. The van der Waals surface area contributed by atoms with Gasteiger partial charge in [-0.15, -0.1) is 0 Å². The number of hydrogen-bond acceptors (Lipinski definition) is 8. The maximum atomic E-state index is 13.5. The number of carbonyl (C=O) groups excluding carboxylic acids is 2. The Bertz CT molecular complexity index is 1670. The SMILES string of the molecule is CC(C)(C)Oc1ccc(CC(NC(=O)OCc2ccccc2)C2OC(C)(C)OC2C(Cc2ccc(OC(C)(C)C)cc2)NC(=O)OCc2ccccc2)cc1. The molecule has 1 fully saturated rings. The van der Waals surface area contributed by atoms with Crippen molar-refractivity contribution in [3.05, 3.63) is 131 Å². The second-order valence-corrected chi connectivity index (χ2v) is 16.3. The molecule has 4 aromatic rings. The Hall–Kier alpha value is -5.06. The molecule has 4 aromatic carbocycles. The van der Waals surface area contributed by atoms with E-state index >= 15 is 0 Å². The first kappa shape index (κ1) is 41.1. The maximum absolute atomic E-state index is 13.5. The first-order valence-electron chi connectivity index (χ1n) is 18.9. The molecule has 1 saturated heterocycles. The highest BCUT2D eigenvalue weighted by Crippen LogP contribution is 2.34. The number of carbonyl (C=O) groups is 2. The van der Waals surface area contributed by atoms with Crippen LogP contribution in [0.2, 0.25) is 0 Å². The van der Waals surface area contributed by atoms with Gasteiger partial charge in [-0.1, -0.05) is 84.9 Å². The standard InChI is InChI=1S/C45H56N2O8/c1-43(2,3)52-35-23-19-31(20-24-35)27-37(46-41(48)50-29-33-15-11-9-12-16-33)39-40(55-45(7,8)54-39)38(47-42(49)51-30-34-17-13-10-14-18-34)28-32-21-25-36(26-22-32)53-44(4,5)6/h9-26,37-40H,27-30H2,1-8H3,(H,46,48)(H,47,49). The van der Waals surface area contributed by atoms with Gasteiger partial charge >= 0.3 is 12.2 Å². The van der Waals surface area contributed by atoms with Crippen molar-refractivity contribution in [2.24, 2.45) is 0 Å². The highest BCUT2D eigenvalue weighted by molar-refractivity contribution is 5.68. The summed E-state index contributed by atoms with van der Waals surface area (Å²) < 4.78 is 36.7. The van der Waals surface area contributed by atoms with E-state index in [0.717, 1.165) is 33.8 Å². The van der Waals surface area contributed by atoms with Gasteiger partial charge in [0.25, 0.3) is 0 Å². The van der Waals surface area contributed by atoms with E-state index < -0.39 is 42.3 Å². The van der Waals surface area contributed by atoms with Crippen molar-refractivity contribution in [2.75, 3.05) is 0 Å². The molecule has 0 spiro atoms. The zero-order valence-corrected chi connectivity index (χ0v) is 33.3. The Kier molecular flexibility index (Phi) is 13.5. The monoisotopic (exact) mass is 752 g/mol. The fourth-order valence-electron chi connectivity index (χ4n) is 6.37. The topological polar surface area (TPSA) is 114 Å². The second-order valence-electron chi connectivity index (χ2n) is 16.3. The summed E-state index contributed by atoms with van der Waals surface area (Å²) in [4.78, 5) is 27.0. The number of alkyl carbamates (subject to hydrolysis) is 2. The van der Waals surface area contributed by atoms with Gasteiger partial charge in [0.1, 0.15) is 48.1 Å². The fraction of sp³-hybridized carbons (Fsp3) is 0.422. The third kappa shape index (κ3) is 13.6. The smallest absolute Gasteiger partial charge is 0.407 e. The van der Waals surface area contributed by atoms with Gasteiger partial charge in [0.05, 0.1) is 12.1 Å². The van der Waals surface area contributed by atoms with Crippen LogP contribution in [-0.2, 0) is 45.0 Å². The number of benzene rings is 4. The highest BCUT2D eigenvalue weighted by Gasteiger charge is 2.49. The van der Waals surface area contributed by atoms with Crippen LogP contribution in [0.4, 0.5) is 9.59 Å². The van der Waals surface area contributed by atoms with Crippen LogP contribution in [0.25, 0.3) is 0 Å². The zero-order valence-electron chi connectivity index (χ0n) is 33.3. The molecule has 4 unspecified atom stereocenters. The van der Waals surface area contributed by atoms with Crippen molar-refractivity contribution in [2.45, 2.75) is 123 Å². The molecule has 1 aliphatic heterocycles. The van der Waals surface area contributed by atoms with Crippen LogP contribution in [-0.4, -0.2) is 53.5 Å². The van der Waals surface area contributed by atoms with E-state index in [4.69, 9.17) is 28.4 Å². The normalized spacial score (nSPS) is 17.7. The number of amides is 2. The predicted octanol–water partition coefficient (Wildman–Crippen LogP) is 8.94. The summed E-state index contributed by atoms with van der Waals surface area (Å²) in [5.74, 6) is 0.422. The molecule has 0 saturated carbocycles. The van der Waals surface area contributed by atoms with E-state index in [1.807, 2.05) is 165 Å². The van der Waals surface area contributed by atoms with Crippen molar-refractivity contribution < 1.29 is 38.0 Å². The molecule has 10 nitrogen and oxygen atoms in total. The maximum Gasteiger partial charge on any atom is 0.407 e. The van der Waals surface area contributed by atoms with Crippen LogP contribution >= 0.6 is 0 Å². The third-order valence-electron chi connectivity index (χ3n) is 8.59. The summed E-state index contributed by atoms with van der Waals surface area (Å²) in [6.45, 7) is 15.8. The molecule has 2 amide bonds. The molecule has 2 N–H and O–H groups in total. The lowest BCUT2D eigenvalue weighted by molar-refractivity contribution is -0.150. The lowest BCUT2D eigenvalue weighted by Gasteiger charge is -2.32. The molecule has 55 heavy (non-hydrogen) atoms. The second kappa shape index (κ2) is 18.0. The largest absolute Gasteiger partial charge is 0.488 e. The van der Waals surface area contributed by atoms with E-state index in [-0.39, 0.29) is 24.4 Å². The van der Waals surface area contributed by atoms with Crippen molar-refractivity contribution >= 4 is 12.2 Å². The van der Waals surface area contributed by atoms with Crippen LogP contribution in [0.5, 0.6) is 11.5 Å². The first-order chi connectivity index (χ1) is 26.0. The van der Waals surface area contributed by atoms with Gasteiger partial charge in [0.2, 0.25) is 0 Å². The Morgan fingerprint density at radius 3 is 1.24 bits per heavy atom. The number of ether oxygens (including phenoxy) is 6. The molecule has 5 rings (SSSR count). The average molecular weight is 753 g/mol. The molecule has 4 atom stereocenters. The molecular weight excluding hydrogens is 697 g/mol. The Labute approximate surface area is 325 Å². The summed E-state index contributed by atoms with van der Waals surface area (Å²) >= 11 is 0. The van der Waals surface area contributed by atoms with Crippen LogP contribution in [0, 0.1) is 0 Å². The minimum Gasteiger partial charge on any atom is -0.488 e. The van der Waals surface area contributed by atoms with Crippen LogP contribution in [0.3, 0.4) is 0 Å². The van der Waals surface area contributed by atoms with E-state index in [1.165, 1.54) is 0 Å². The van der Waals surface area contributed by atoms with Crippen molar-refractivity contribution in [3.8, 4) is 11.5 Å². The predicted molar refractivity (Wildman–Crippen MR) is 212 cm³/mol. The highest BCUT2D eigenvalue weighted by atomic mass is 16.8. The molecule has 294 valence electrons. The summed E-state index contributed by atoms with van der Waals surface area (Å²) in [6.07, 6.45) is -1.88. The first-order valence-corrected chi connectivity index (χ1v) is 18.9. The molecule has 0 aliphatic carbocycles. The average Bonchev–Trinajstić information content (AvgIpc) is 3.45. The minimum absolute atomic E-state index is 0.0987. The Balaban J connectivity index is 1.43. The number of hydrogen-bond donors (Lipinski definition) is 2. The molecule has 1 heterocycles. The fourth-order valence-corrected chi connectivity index (χ4v) is 6.37. The molecule has 0 radical (unpaired) electrons. The van der Waals surface area contributed by atoms with Crippen LogP contribution in [0.1, 0.15) is 77.6 Å². The van der Waals surface area contributed by atoms with Gasteiger partial charge in [-0.05, 0) is 115 Å². The van der Waals surface area contributed by atoms with Crippen molar-refractivity contribution in [1.29, 1.82) is 0 Å². The summed E-state index contributed by atoms with van der Waals surface area (Å²) in [6, 6.07) is 33.3. The minimum atomic E-state index is -1.05. The van der Waals surface area contributed by atoms with Crippen LogP contribution < -0.4 is 20.1 Å². The molecular formula is C45H56N2O8. The summed E-state index contributed by atoms with van der Waals surface area (Å²) in [5, 5.41) is 6.18. The Morgan fingerprint density at radius 2 is 0.909 bits per heavy atom. The van der Waals surface area contributed by atoms with Gasteiger partial charge < -0.3 is 39.1 Å². The number of rotatable bonds is 14. The van der Waals surface area contributed by atoms with Gasteiger partial charge in [-0.25, -0.2) is 9.59 Å². The van der Waals surface area contributed by atoms with E-state index in [9.17, 15) is 9.59 Å². The van der Waals surface area contributed by atoms with E-state index in [1.54, 1.807) is 0 Å². The summed E-state index contributed by atoms with van der Waals surface area (Å²) in [7, 11) is 0. The van der Waals surface area contributed by atoms with Gasteiger partial charge in [0.15, 0.2) is 5.79 Å². The van der Waals surface area contributed by atoms with Gasteiger partial charge in [-0.2, -0.15) is 0 Å². The van der Waals surface area contributed by atoms with Gasteiger partial charge in [-0.3, -0.25) is 0 Å². The van der Waals surface area contributed by atoms with Gasteiger partial charge in [0, 0.05) is 0 Å². The molecule has 0 aromatic heterocycles. The van der Waals surface area contributed by atoms with Crippen molar-refractivity contribution in [1.82, 2.24) is 10.6 Å². The quantitative estimate of drug-likeness (QED) is 0.131. The molecule has 0 bridgehead atoms. The van der Waals surface area contributed by atoms with E-state index in [2.05, 4.69) is 10.6 Å². The van der Waals surface area contributed by atoms with E-state index in [0.29, 0.717) is 12.8 Å². The lowest BCUT2D eigenvalue weighted by Crippen LogP contribution is -2.56. The zero-order chi connectivity index (χ0) is 39.6. The third-order valence-corrected chi connectivity index (χ3v) is 8.59. The van der Waals surface area contributed by atoms with Crippen LogP contribution in [0.15, 0.2) is 109 Å². The molecule has 10 heteroatoms. The lowest BCUT2D eigenvalue weighted by atomic mass is 9.91.